The normalized spacial score (nSPS) is 11.8. The van der Waals surface area contributed by atoms with E-state index in [-0.39, 0.29) is 0 Å². The summed E-state index contributed by atoms with van der Waals surface area (Å²) >= 11 is 0. The highest BCUT2D eigenvalue weighted by molar-refractivity contribution is 5.59. The minimum atomic E-state index is -0.475. The third-order valence-corrected chi connectivity index (χ3v) is 3.53. The van der Waals surface area contributed by atoms with Crippen molar-refractivity contribution < 1.29 is 9.26 Å². The van der Waals surface area contributed by atoms with E-state index in [1.165, 1.54) is 0 Å². The fourth-order valence-electron chi connectivity index (χ4n) is 2.31. The first-order valence-corrected chi connectivity index (χ1v) is 6.99. The van der Waals surface area contributed by atoms with E-state index >= 15 is 0 Å². The van der Waals surface area contributed by atoms with E-state index in [2.05, 4.69) is 24.0 Å². The number of hydrogen-bond acceptors (Lipinski definition) is 5. The molecule has 2 N–H and O–H groups in total. The first-order chi connectivity index (χ1) is 9.65. The van der Waals surface area contributed by atoms with Crippen molar-refractivity contribution in [2.45, 2.75) is 39.2 Å². The highest BCUT2D eigenvalue weighted by atomic mass is 16.5. The van der Waals surface area contributed by atoms with Crippen LogP contribution in [0.1, 0.15) is 39.4 Å². The minimum absolute atomic E-state index is 0.471. The topological polar surface area (TPSA) is 74.2 Å². The number of benzene rings is 1. The molecule has 0 unspecified atom stereocenters. The van der Waals surface area contributed by atoms with Crippen molar-refractivity contribution in [2.24, 2.45) is 0 Å². The molecular weight excluding hydrogens is 254 g/mol. The molecule has 0 fully saturated rings. The third-order valence-electron chi connectivity index (χ3n) is 3.53. The van der Waals surface area contributed by atoms with E-state index < -0.39 is 5.60 Å². The summed E-state index contributed by atoms with van der Waals surface area (Å²) in [5.74, 6) is 1.07. The number of nitrogens with zero attached hydrogens (tertiary/aromatic N) is 2. The Morgan fingerprint density at radius 2 is 2.00 bits per heavy atom. The van der Waals surface area contributed by atoms with Crippen molar-refractivity contribution in [3.05, 3.63) is 30.1 Å². The fraction of sp³-hybridized carbons (Fsp3) is 0.467. The summed E-state index contributed by atoms with van der Waals surface area (Å²) in [4.78, 5) is 4.50. The lowest BCUT2D eigenvalue weighted by Gasteiger charge is -2.27. The van der Waals surface area contributed by atoms with Crippen molar-refractivity contribution in [1.82, 2.24) is 10.1 Å². The van der Waals surface area contributed by atoms with E-state index in [1.54, 1.807) is 0 Å². The predicted octanol–water partition coefficient (Wildman–Crippen LogP) is 3.37. The van der Waals surface area contributed by atoms with Crippen molar-refractivity contribution >= 4 is 5.69 Å². The maximum atomic E-state index is 5.88. The van der Waals surface area contributed by atoms with Crippen molar-refractivity contribution in [3.8, 4) is 11.5 Å². The minimum Gasteiger partial charge on any atom is -0.399 e. The smallest absolute Gasteiger partial charge is 0.258 e. The van der Waals surface area contributed by atoms with Gasteiger partial charge in [-0.25, -0.2) is 0 Å². The van der Waals surface area contributed by atoms with Crippen LogP contribution in [-0.2, 0) is 10.3 Å². The molecule has 0 amide bonds. The van der Waals surface area contributed by atoms with Crippen LogP contribution >= 0.6 is 0 Å². The van der Waals surface area contributed by atoms with Crippen LogP contribution in [0.3, 0.4) is 0 Å². The van der Waals surface area contributed by atoms with Crippen LogP contribution in [0, 0.1) is 0 Å². The summed E-state index contributed by atoms with van der Waals surface area (Å²) in [6, 6.07) is 7.40. The Balaban J connectivity index is 2.36. The summed E-state index contributed by atoms with van der Waals surface area (Å²) in [5.41, 5.74) is 6.79. The molecule has 2 aromatic rings. The molecule has 0 saturated carbocycles. The van der Waals surface area contributed by atoms with E-state index in [1.807, 2.05) is 31.2 Å². The number of ether oxygens (including phenoxy) is 1. The molecule has 0 bridgehead atoms. The average Bonchev–Trinajstić information content (AvgIpc) is 2.95. The second kappa shape index (κ2) is 6.05. The van der Waals surface area contributed by atoms with Gasteiger partial charge in [-0.05, 0) is 38.0 Å². The SMILES string of the molecule is CCOC(CC)(CC)c1noc(-c2cccc(N)c2)n1. The Morgan fingerprint density at radius 1 is 1.25 bits per heavy atom. The van der Waals surface area contributed by atoms with Crippen molar-refractivity contribution in [1.29, 1.82) is 0 Å². The van der Waals surface area contributed by atoms with Crippen LogP contribution in [-0.4, -0.2) is 16.7 Å². The summed E-state index contributed by atoms with van der Waals surface area (Å²) in [6.45, 7) is 6.72. The molecule has 1 aromatic heterocycles. The van der Waals surface area contributed by atoms with Crippen molar-refractivity contribution in [3.63, 3.8) is 0 Å². The van der Waals surface area contributed by atoms with Gasteiger partial charge in [-0.1, -0.05) is 25.1 Å². The molecule has 5 heteroatoms. The summed E-state index contributed by atoms with van der Waals surface area (Å²) < 4.78 is 11.2. The number of rotatable bonds is 6. The van der Waals surface area contributed by atoms with E-state index in [0.717, 1.165) is 18.4 Å². The Kier molecular flexibility index (Phi) is 4.39. The Labute approximate surface area is 119 Å². The van der Waals surface area contributed by atoms with Gasteiger partial charge in [0.25, 0.3) is 5.89 Å². The van der Waals surface area contributed by atoms with Crippen LogP contribution in [0.2, 0.25) is 0 Å². The van der Waals surface area contributed by atoms with Gasteiger partial charge in [-0.2, -0.15) is 4.98 Å². The highest BCUT2D eigenvalue weighted by Gasteiger charge is 2.34. The quantitative estimate of drug-likeness (QED) is 0.818. The summed E-state index contributed by atoms with van der Waals surface area (Å²) in [6.07, 6.45) is 1.60. The van der Waals surface area contributed by atoms with Crippen LogP contribution in [0.4, 0.5) is 5.69 Å². The maximum absolute atomic E-state index is 5.88. The molecule has 2 rings (SSSR count). The largest absolute Gasteiger partial charge is 0.399 e. The molecule has 0 atom stereocenters. The summed E-state index contributed by atoms with van der Waals surface area (Å²) in [7, 11) is 0. The molecule has 20 heavy (non-hydrogen) atoms. The Hall–Kier alpha value is -1.88. The molecule has 1 heterocycles. The van der Waals surface area contributed by atoms with E-state index in [0.29, 0.717) is 24.0 Å². The van der Waals surface area contributed by atoms with Crippen molar-refractivity contribution in [2.75, 3.05) is 12.3 Å². The zero-order valence-electron chi connectivity index (χ0n) is 12.2. The number of anilines is 1. The van der Waals surface area contributed by atoms with Gasteiger partial charge in [0.2, 0.25) is 5.82 Å². The lowest BCUT2D eigenvalue weighted by molar-refractivity contribution is -0.0583. The van der Waals surface area contributed by atoms with Gasteiger partial charge in [-0.3, -0.25) is 0 Å². The second-order valence-corrected chi connectivity index (χ2v) is 4.68. The average molecular weight is 275 g/mol. The van der Waals surface area contributed by atoms with Gasteiger partial charge in [0.15, 0.2) is 0 Å². The first kappa shape index (κ1) is 14.5. The van der Waals surface area contributed by atoms with Crippen LogP contribution in [0.15, 0.2) is 28.8 Å². The van der Waals surface area contributed by atoms with Gasteiger partial charge < -0.3 is 15.0 Å². The van der Waals surface area contributed by atoms with E-state index in [4.69, 9.17) is 15.0 Å². The van der Waals surface area contributed by atoms with Gasteiger partial charge >= 0.3 is 0 Å². The second-order valence-electron chi connectivity index (χ2n) is 4.68. The lowest BCUT2D eigenvalue weighted by Crippen LogP contribution is -2.29. The molecule has 1 aromatic carbocycles. The van der Waals surface area contributed by atoms with Gasteiger partial charge in [-0.15, -0.1) is 0 Å². The molecule has 0 aliphatic heterocycles. The highest BCUT2D eigenvalue weighted by Crippen LogP contribution is 2.32. The van der Waals surface area contributed by atoms with Crippen LogP contribution in [0.5, 0.6) is 0 Å². The number of nitrogen functional groups attached to an aromatic ring is 1. The van der Waals surface area contributed by atoms with Crippen LogP contribution < -0.4 is 5.73 Å². The predicted molar refractivity (Wildman–Crippen MR) is 78.0 cm³/mol. The molecule has 108 valence electrons. The third kappa shape index (κ3) is 2.67. The van der Waals surface area contributed by atoms with Gasteiger partial charge in [0.05, 0.1) is 0 Å². The molecule has 0 aliphatic rings. The zero-order valence-corrected chi connectivity index (χ0v) is 12.2. The van der Waals surface area contributed by atoms with Crippen LogP contribution in [0.25, 0.3) is 11.5 Å². The number of aromatic nitrogens is 2. The maximum Gasteiger partial charge on any atom is 0.258 e. The molecule has 0 aliphatic carbocycles. The standard InChI is InChI=1S/C15H21N3O2/c1-4-15(5-2,19-6-3)14-17-13(20-18-14)11-8-7-9-12(16)10-11/h7-10H,4-6,16H2,1-3H3. The molecule has 0 saturated heterocycles. The summed E-state index contributed by atoms with van der Waals surface area (Å²) in [5, 5.41) is 4.10. The van der Waals surface area contributed by atoms with Gasteiger partial charge in [0, 0.05) is 17.9 Å². The molecule has 5 nitrogen and oxygen atoms in total. The monoisotopic (exact) mass is 275 g/mol. The first-order valence-electron chi connectivity index (χ1n) is 6.99. The zero-order chi connectivity index (χ0) is 14.6. The lowest BCUT2D eigenvalue weighted by atomic mass is 9.96. The Bertz CT molecular complexity index is 562. The molecule has 0 spiro atoms. The number of hydrogen-bond donors (Lipinski definition) is 1. The Morgan fingerprint density at radius 3 is 2.60 bits per heavy atom. The molecular formula is C15H21N3O2. The van der Waals surface area contributed by atoms with E-state index in [9.17, 15) is 0 Å². The van der Waals surface area contributed by atoms with Gasteiger partial charge in [0.1, 0.15) is 5.60 Å². The molecule has 0 radical (unpaired) electrons. The fourth-order valence-corrected chi connectivity index (χ4v) is 2.31. The number of nitrogens with two attached hydrogens (primary N) is 1.